The topological polar surface area (TPSA) is 53.9 Å². The quantitative estimate of drug-likeness (QED) is 0.610. The summed E-state index contributed by atoms with van der Waals surface area (Å²) >= 11 is 0. The first-order valence-electron chi connectivity index (χ1n) is 8.69. The van der Waals surface area contributed by atoms with Gasteiger partial charge in [0.1, 0.15) is 5.75 Å². The standard InChI is InChI=1S/C21H27N3O2/c1-15(2)18-9-6-16(3)20(12-18)26-14-21(25)23-22-13-17-7-10-19(11-8-17)24(4)5/h6-13,15H,14H2,1-5H3,(H,23,25). The predicted molar refractivity (Wildman–Crippen MR) is 107 cm³/mol. The summed E-state index contributed by atoms with van der Waals surface area (Å²) in [6.07, 6.45) is 1.61. The van der Waals surface area contributed by atoms with Crippen LogP contribution in [-0.4, -0.2) is 32.8 Å². The van der Waals surface area contributed by atoms with Crippen molar-refractivity contribution in [2.45, 2.75) is 26.7 Å². The lowest BCUT2D eigenvalue weighted by Gasteiger charge is -2.12. The number of nitrogens with zero attached hydrogens (tertiary/aromatic N) is 2. The number of amides is 1. The van der Waals surface area contributed by atoms with E-state index in [0.717, 1.165) is 22.6 Å². The van der Waals surface area contributed by atoms with Gasteiger partial charge in [0.15, 0.2) is 6.61 Å². The van der Waals surface area contributed by atoms with Crippen LogP contribution >= 0.6 is 0 Å². The minimum Gasteiger partial charge on any atom is -0.483 e. The van der Waals surface area contributed by atoms with E-state index in [9.17, 15) is 4.79 Å². The van der Waals surface area contributed by atoms with Gasteiger partial charge in [-0.15, -0.1) is 0 Å². The van der Waals surface area contributed by atoms with E-state index in [2.05, 4.69) is 30.4 Å². The Morgan fingerprint density at radius 2 is 1.88 bits per heavy atom. The third kappa shape index (κ3) is 5.62. The van der Waals surface area contributed by atoms with Crippen LogP contribution in [0.1, 0.15) is 36.5 Å². The Morgan fingerprint density at radius 3 is 2.50 bits per heavy atom. The third-order valence-electron chi connectivity index (χ3n) is 4.05. The lowest BCUT2D eigenvalue weighted by atomic mass is 10.0. The molecule has 1 N–H and O–H groups in total. The molecule has 0 bridgehead atoms. The van der Waals surface area contributed by atoms with Crippen LogP contribution in [0.5, 0.6) is 5.75 Å². The minimum atomic E-state index is -0.291. The Labute approximate surface area is 155 Å². The molecule has 0 radical (unpaired) electrons. The summed E-state index contributed by atoms with van der Waals surface area (Å²) in [5, 5.41) is 3.98. The zero-order valence-electron chi connectivity index (χ0n) is 16.1. The van der Waals surface area contributed by atoms with Crippen molar-refractivity contribution in [1.82, 2.24) is 5.43 Å². The first-order chi connectivity index (χ1) is 12.4. The molecule has 5 nitrogen and oxygen atoms in total. The molecule has 1 amide bonds. The van der Waals surface area contributed by atoms with Gasteiger partial charge in [-0.25, -0.2) is 5.43 Å². The van der Waals surface area contributed by atoms with E-state index in [1.54, 1.807) is 6.21 Å². The van der Waals surface area contributed by atoms with Crippen LogP contribution in [-0.2, 0) is 4.79 Å². The second-order valence-electron chi connectivity index (χ2n) is 6.75. The maximum absolute atomic E-state index is 11.9. The van der Waals surface area contributed by atoms with Gasteiger partial charge in [-0.3, -0.25) is 4.79 Å². The Bertz CT molecular complexity index is 765. The van der Waals surface area contributed by atoms with Crippen molar-refractivity contribution in [1.29, 1.82) is 0 Å². The maximum atomic E-state index is 11.9. The molecule has 0 aliphatic rings. The second-order valence-corrected chi connectivity index (χ2v) is 6.75. The largest absolute Gasteiger partial charge is 0.483 e. The average Bonchev–Trinajstić information content (AvgIpc) is 2.61. The SMILES string of the molecule is Cc1ccc(C(C)C)cc1OCC(=O)NN=Cc1ccc(N(C)C)cc1. The Hall–Kier alpha value is -2.82. The smallest absolute Gasteiger partial charge is 0.277 e. The van der Waals surface area contributed by atoms with Gasteiger partial charge in [0.25, 0.3) is 5.91 Å². The first kappa shape index (κ1) is 19.5. The van der Waals surface area contributed by atoms with Crippen molar-refractivity contribution in [3.63, 3.8) is 0 Å². The van der Waals surface area contributed by atoms with E-state index in [1.807, 2.05) is 62.3 Å². The van der Waals surface area contributed by atoms with E-state index in [-0.39, 0.29) is 12.5 Å². The molecule has 0 aliphatic carbocycles. The molecule has 0 saturated heterocycles. The monoisotopic (exact) mass is 353 g/mol. The molecule has 2 aromatic carbocycles. The van der Waals surface area contributed by atoms with Gasteiger partial charge in [-0.2, -0.15) is 5.10 Å². The Balaban J connectivity index is 1.86. The van der Waals surface area contributed by atoms with Gasteiger partial charge >= 0.3 is 0 Å². The van der Waals surface area contributed by atoms with Crippen molar-refractivity contribution < 1.29 is 9.53 Å². The zero-order chi connectivity index (χ0) is 19.1. The third-order valence-corrected chi connectivity index (χ3v) is 4.05. The molecule has 138 valence electrons. The molecular formula is C21H27N3O2. The summed E-state index contributed by atoms with van der Waals surface area (Å²) in [5.74, 6) is 0.852. The van der Waals surface area contributed by atoms with Crippen LogP contribution < -0.4 is 15.1 Å². The second kappa shape index (κ2) is 9.04. The highest BCUT2D eigenvalue weighted by molar-refractivity contribution is 5.83. The number of hydrogen-bond donors (Lipinski definition) is 1. The van der Waals surface area contributed by atoms with Crippen molar-refractivity contribution >= 4 is 17.8 Å². The van der Waals surface area contributed by atoms with Crippen LogP contribution in [0.25, 0.3) is 0 Å². The van der Waals surface area contributed by atoms with Gasteiger partial charge in [-0.1, -0.05) is 38.1 Å². The highest BCUT2D eigenvalue weighted by atomic mass is 16.5. The fourth-order valence-electron chi connectivity index (χ4n) is 2.34. The molecule has 2 rings (SSSR count). The van der Waals surface area contributed by atoms with Crippen LogP contribution in [0.2, 0.25) is 0 Å². The highest BCUT2D eigenvalue weighted by Crippen LogP contribution is 2.24. The lowest BCUT2D eigenvalue weighted by Crippen LogP contribution is -2.24. The van der Waals surface area contributed by atoms with Crippen molar-refractivity contribution in [2.75, 3.05) is 25.6 Å². The molecule has 0 saturated carbocycles. The van der Waals surface area contributed by atoms with Gasteiger partial charge in [0.2, 0.25) is 0 Å². The molecule has 0 aliphatic heterocycles. The highest BCUT2D eigenvalue weighted by Gasteiger charge is 2.07. The summed E-state index contributed by atoms with van der Waals surface area (Å²) < 4.78 is 5.64. The van der Waals surface area contributed by atoms with Crippen LogP contribution in [0.15, 0.2) is 47.6 Å². The molecule has 0 spiro atoms. The molecule has 0 heterocycles. The van der Waals surface area contributed by atoms with Gasteiger partial charge in [0.05, 0.1) is 6.21 Å². The number of aryl methyl sites for hydroxylation is 1. The zero-order valence-corrected chi connectivity index (χ0v) is 16.1. The fraction of sp³-hybridized carbons (Fsp3) is 0.333. The normalized spacial score (nSPS) is 11.0. The summed E-state index contributed by atoms with van der Waals surface area (Å²) in [6, 6.07) is 14.0. The molecule has 0 atom stereocenters. The molecule has 0 aromatic heterocycles. The number of hydrazone groups is 1. The molecule has 0 fully saturated rings. The molecule has 2 aromatic rings. The lowest BCUT2D eigenvalue weighted by molar-refractivity contribution is -0.123. The van der Waals surface area contributed by atoms with E-state index >= 15 is 0 Å². The summed E-state index contributed by atoms with van der Waals surface area (Å²) in [6.45, 7) is 6.15. The number of carbonyl (C=O) groups is 1. The summed E-state index contributed by atoms with van der Waals surface area (Å²) in [7, 11) is 3.98. The number of ether oxygens (including phenoxy) is 1. The number of anilines is 1. The van der Waals surface area contributed by atoms with E-state index in [0.29, 0.717) is 5.92 Å². The van der Waals surface area contributed by atoms with Crippen molar-refractivity contribution in [2.24, 2.45) is 5.10 Å². The van der Waals surface area contributed by atoms with E-state index < -0.39 is 0 Å². The molecule has 0 unspecified atom stereocenters. The first-order valence-corrected chi connectivity index (χ1v) is 8.69. The number of benzene rings is 2. The minimum absolute atomic E-state index is 0.0701. The fourth-order valence-corrected chi connectivity index (χ4v) is 2.34. The average molecular weight is 353 g/mol. The summed E-state index contributed by atoms with van der Waals surface area (Å²) in [4.78, 5) is 13.9. The van der Waals surface area contributed by atoms with Crippen LogP contribution in [0.4, 0.5) is 5.69 Å². The number of carbonyl (C=O) groups excluding carboxylic acids is 1. The van der Waals surface area contributed by atoms with E-state index in [1.165, 1.54) is 5.56 Å². The van der Waals surface area contributed by atoms with Crippen molar-refractivity contribution in [3.8, 4) is 5.75 Å². The predicted octanol–water partition coefficient (Wildman–Crippen LogP) is 3.71. The van der Waals surface area contributed by atoms with Crippen LogP contribution in [0.3, 0.4) is 0 Å². The molecular weight excluding hydrogens is 326 g/mol. The molecule has 5 heteroatoms. The maximum Gasteiger partial charge on any atom is 0.277 e. The van der Waals surface area contributed by atoms with Gasteiger partial charge in [-0.05, 0) is 47.7 Å². The van der Waals surface area contributed by atoms with Gasteiger partial charge < -0.3 is 9.64 Å². The van der Waals surface area contributed by atoms with E-state index in [4.69, 9.17) is 4.74 Å². The number of rotatable bonds is 7. The van der Waals surface area contributed by atoms with Crippen molar-refractivity contribution in [3.05, 3.63) is 59.2 Å². The number of hydrogen-bond acceptors (Lipinski definition) is 4. The van der Waals surface area contributed by atoms with Crippen LogP contribution in [0, 0.1) is 6.92 Å². The number of nitrogens with one attached hydrogen (secondary N) is 1. The Kier molecular flexibility index (Phi) is 6.78. The molecule has 26 heavy (non-hydrogen) atoms. The summed E-state index contributed by atoms with van der Waals surface area (Å²) in [5.41, 5.74) is 6.71. The van der Waals surface area contributed by atoms with Gasteiger partial charge in [0, 0.05) is 19.8 Å². The Morgan fingerprint density at radius 1 is 1.19 bits per heavy atom.